The van der Waals surface area contributed by atoms with Crippen molar-refractivity contribution >= 4 is 40.6 Å². The fourth-order valence-corrected chi connectivity index (χ4v) is 2.15. The summed E-state index contributed by atoms with van der Waals surface area (Å²) in [4.78, 5) is 13.4. The molecule has 0 N–H and O–H groups in total. The van der Waals surface area contributed by atoms with Crippen LogP contribution in [0.1, 0.15) is 0 Å². The van der Waals surface area contributed by atoms with E-state index in [4.69, 9.17) is 39.5 Å². The summed E-state index contributed by atoms with van der Waals surface area (Å²) in [6, 6.07) is 0. The van der Waals surface area contributed by atoms with Gasteiger partial charge in [-0.15, -0.1) is 0 Å². The molecule has 14 heavy (non-hydrogen) atoms. The van der Waals surface area contributed by atoms with E-state index in [2.05, 4.69) is 0 Å². The number of alkyl halides is 2. The third-order valence-electron chi connectivity index (χ3n) is 2.31. The Morgan fingerprint density at radius 3 is 2.36 bits per heavy atom. The maximum absolute atomic E-state index is 11.5. The molecule has 0 unspecified atom stereocenters. The molecule has 0 amide bonds. The van der Waals surface area contributed by atoms with E-state index in [9.17, 15) is 4.79 Å². The Kier molecular flexibility index (Phi) is 2.68. The van der Waals surface area contributed by atoms with E-state index in [0.717, 1.165) is 0 Å². The summed E-state index contributed by atoms with van der Waals surface area (Å²) in [5.74, 6) is -0.312. The molecule has 0 aromatic heterocycles. The minimum Gasteiger partial charge on any atom is -0.378 e. The summed E-state index contributed by atoms with van der Waals surface area (Å²) in [6.07, 6.45) is 0. The predicted molar refractivity (Wildman–Crippen MR) is 54.7 cm³/mol. The molecule has 1 aliphatic carbocycles. The molecule has 2 aliphatic rings. The molecular formula is C8H8Cl3NO2. The summed E-state index contributed by atoms with van der Waals surface area (Å²) in [6.45, 7) is 2.50. The minimum absolute atomic E-state index is 0.229. The number of halogens is 3. The van der Waals surface area contributed by atoms with Crippen molar-refractivity contribution in [1.82, 2.24) is 4.90 Å². The molecule has 0 saturated carbocycles. The SMILES string of the molecule is O=C1C(N2CCOCC2)=C(Cl)C1(Cl)Cl. The Morgan fingerprint density at radius 1 is 1.29 bits per heavy atom. The van der Waals surface area contributed by atoms with E-state index in [0.29, 0.717) is 32.0 Å². The first kappa shape index (κ1) is 10.6. The maximum atomic E-state index is 11.5. The highest BCUT2D eigenvalue weighted by molar-refractivity contribution is 6.70. The first-order valence-corrected chi connectivity index (χ1v) is 5.34. The zero-order valence-electron chi connectivity index (χ0n) is 7.23. The predicted octanol–water partition coefficient (Wildman–Crippen LogP) is 1.53. The van der Waals surface area contributed by atoms with Crippen LogP contribution in [0.3, 0.4) is 0 Å². The van der Waals surface area contributed by atoms with Crippen LogP contribution in [0.2, 0.25) is 0 Å². The lowest BCUT2D eigenvalue weighted by Crippen LogP contribution is -2.49. The van der Waals surface area contributed by atoms with Gasteiger partial charge in [-0.25, -0.2) is 0 Å². The van der Waals surface area contributed by atoms with Gasteiger partial charge in [-0.3, -0.25) is 4.79 Å². The molecule has 0 aromatic carbocycles. The summed E-state index contributed by atoms with van der Waals surface area (Å²) in [5, 5.41) is 0.229. The number of ether oxygens (including phenoxy) is 1. The highest BCUT2D eigenvalue weighted by Gasteiger charge is 2.53. The van der Waals surface area contributed by atoms with Gasteiger partial charge in [0.1, 0.15) is 5.70 Å². The second-order valence-electron chi connectivity index (χ2n) is 3.17. The number of ketones is 1. The summed E-state index contributed by atoms with van der Waals surface area (Å²) >= 11 is 17.2. The molecule has 0 bridgehead atoms. The van der Waals surface area contributed by atoms with Crippen molar-refractivity contribution < 1.29 is 9.53 Å². The fraction of sp³-hybridized carbons (Fsp3) is 0.625. The average molecular weight is 257 g/mol. The summed E-state index contributed by atoms with van der Waals surface area (Å²) in [5.41, 5.74) is 0.444. The zero-order valence-corrected chi connectivity index (χ0v) is 9.49. The van der Waals surface area contributed by atoms with Crippen molar-refractivity contribution in [3.63, 3.8) is 0 Å². The average Bonchev–Trinajstić information content (AvgIpc) is 2.20. The van der Waals surface area contributed by atoms with Gasteiger partial charge in [0, 0.05) is 13.1 Å². The van der Waals surface area contributed by atoms with Crippen LogP contribution in [-0.4, -0.2) is 41.3 Å². The molecular weight excluding hydrogens is 248 g/mol. The number of rotatable bonds is 1. The Labute approximate surface area is 96.5 Å². The Bertz CT molecular complexity index is 308. The van der Waals surface area contributed by atoms with Crippen LogP contribution in [0.25, 0.3) is 0 Å². The lowest BCUT2D eigenvalue weighted by Gasteiger charge is -2.39. The van der Waals surface area contributed by atoms with Crippen LogP contribution >= 0.6 is 34.8 Å². The first-order valence-electron chi connectivity index (χ1n) is 4.20. The molecule has 0 aromatic rings. The third-order valence-corrected chi connectivity index (χ3v) is 3.69. The second-order valence-corrected chi connectivity index (χ2v) is 4.87. The minimum atomic E-state index is -1.52. The smallest absolute Gasteiger partial charge is 0.221 e. The van der Waals surface area contributed by atoms with E-state index >= 15 is 0 Å². The van der Waals surface area contributed by atoms with Crippen LogP contribution in [0, 0.1) is 0 Å². The van der Waals surface area contributed by atoms with Gasteiger partial charge < -0.3 is 9.64 Å². The molecule has 6 heteroatoms. The van der Waals surface area contributed by atoms with Crippen molar-refractivity contribution in [3.8, 4) is 0 Å². The van der Waals surface area contributed by atoms with Crippen molar-refractivity contribution in [2.75, 3.05) is 26.3 Å². The van der Waals surface area contributed by atoms with Gasteiger partial charge in [0.25, 0.3) is 0 Å². The fourth-order valence-electron chi connectivity index (χ4n) is 1.50. The number of carbonyl (C=O) groups is 1. The highest BCUT2D eigenvalue weighted by Crippen LogP contribution is 2.47. The van der Waals surface area contributed by atoms with Gasteiger partial charge in [-0.1, -0.05) is 34.8 Å². The van der Waals surface area contributed by atoms with Gasteiger partial charge in [0.05, 0.1) is 18.2 Å². The number of hydrogen-bond acceptors (Lipinski definition) is 3. The standard InChI is InChI=1S/C8H8Cl3NO2/c9-6-5(7(13)8(6,10)11)12-1-3-14-4-2-12/h1-4H2. The van der Waals surface area contributed by atoms with Gasteiger partial charge in [0.2, 0.25) is 10.1 Å². The van der Waals surface area contributed by atoms with E-state index < -0.39 is 4.33 Å². The highest BCUT2D eigenvalue weighted by atomic mass is 35.5. The number of allylic oxidation sites excluding steroid dienone is 2. The van der Waals surface area contributed by atoms with E-state index in [-0.39, 0.29) is 10.8 Å². The third kappa shape index (κ3) is 1.43. The van der Waals surface area contributed by atoms with Crippen molar-refractivity contribution in [1.29, 1.82) is 0 Å². The van der Waals surface area contributed by atoms with E-state index in [1.54, 1.807) is 0 Å². The first-order chi connectivity index (χ1) is 6.55. The van der Waals surface area contributed by atoms with Crippen molar-refractivity contribution in [2.45, 2.75) is 4.33 Å². The quantitative estimate of drug-likeness (QED) is 0.666. The summed E-state index contributed by atoms with van der Waals surface area (Å²) < 4.78 is 3.64. The largest absolute Gasteiger partial charge is 0.378 e. The second kappa shape index (κ2) is 3.56. The molecule has 3 nitrogen and oxygen atoms in total. The summed E-state index contributed by atoms with van der Waals surface area (Å²) in [7, 11) is 0. The molecule has 1 fully saturated rings. The molecule has 0 radical (unpaired) electrons. The van der Waals surface area contributed by atoms with Crippen LogP contribution in [0.5, 0.6) is 0 Å². The number of morpholine rings is 1. The van der Waals surface area contributed by atoms with Gasteiger partial charge >= 0.3 is 0 Å². The van der Waals surface area contributed by atoms with E-state index in [1.165, 1.54) is 0 Å². The Hall–Kier alpha value is 0.0400. The molecule has 2 rings (SSSR count). The molecule has 1 aliphatic heterocycles. The van der Waals surface area contributed by atoms with Gasteiger partial charge in [0.15, 0.2) is 0 Å². The van der Waals surface area contributed by atoms with Crippen LogP contribution in [0.15, 0.2) is 10.7 Å². The lowest BCUT2D eigenvalue weighted by atomic mass is 10.0. The maximum Gasteiger partial charge on any atom is 0.221 e. The molecule has 0 spiro atoms. The van der Waals surface area contributed by atoms with Gasteiger partial charge in [-0.05, 0) is 0 Å². The number of hydrogen-bond donors (Lipinski definition) is 0. The molecule has 78 valence electrons. The number of nitrogens with zero attached hydrogens (tertiary/aromatic N) is 1. The molecule has 1 saturated heterocycles. The zero-order chi connectivity index (χ0) is 10.3. The molecule has 0 atom stereocenters. The lowest BCUT2D eigenvalue weighted by molar-refractivity contribution is -0.119. The van der Waals surface area contributed by atoms with E-state index in [1.807, 2.05) is 4.90 Å². The normalized spacial score (nSPS) is 26.5. The van der Waals surface area contributed by atoms with Crippen LogP contribution in [0.4, 0.5) is 0 Å². The van der Waals surface area contributed by atoms with Crippen LogP contribution in [-0.2, 0) is 9.53 Å². The van der Waals surface area contributed by atoms with Gasteiger partial charge in [-0.2, -0.15) is 0 Å². The van der Waals surface area contributed by atoms with Crippen LogP contribution < -0.4 is 0 Å². The van der Waals surface area contributed by atoms with Crippen molar-refractivity contribution in [3.05, 3.63) is 10.7 Å². The number of Topliss-reactive ketones (excluding diaryl/α,β-unsaturated/α-hetero) is 1. The van der Waals surface area contributed by atoms with Crippen molar-refractivity contribution in [2.24, 2.45) is 0 Å². The number of carbonyl (C=O) groups excluding carboxylic acids is 1. The monoisotopic (exact) mass is 255 g/mol. The molecule has 1 heterocycles. The Morgan fingerprint density at radius 2 is 1.86 bits per heavy atom. The Balaban J connectivity index is 2.19. The topological polar surface area (TPSA) is 29.5 Å².